The van der Waals surface area contributed by atoms with Crippen LogP contribution >= 0.6 is 15.9 Å². The van der Waals surface area contributed by atoms with E-state index >= 15 is 0 Å². The van der Waals surface area contributed by atoms with Crippen molar-refractivity contribution in [1.82, 2.24) is 29.5 Å². The Morgan fingerprint density at radius 3 is 2.62 bits per heavy atom. The standard InChI is InChI=1S/C14H9BrN6/c15-10-2-4-11(5-3-10)21-14-12(8-19-21)13(16-9-17-14)20-7-1-6-18-20/h1-9H. The van der Waals surface area contributed by atoms with Gasteiger partial charge >= 0.3 is 0 Å². The van der Waals surface area contributed by atoms with Crippen molar-refractivity contribution < 1.29 is 0 Å². The van der Waals surface area contributed by atoms with Crippen LogP contribution in [0.5, 0.6) is 0 Å². The molecule has 3 aromatic heterocycles. The zero-order chi connectivity index (χ0) is 14.2. The van der Waals surface area contributed by atoms with Gasteiger partial charge in [0.15, 0.2) is 11.5 Å². The van der Waals surface area contributed by atoms with E-state index in [2.05, 4.69) is 36.1 Å². The third-order valence-electron chi connectivity index (χ3n) is 3.14. The highest BCUT2D eigenvalue weighted by Crippen LogP contribution is 2.21. The zero-order valence-electron chi connectivity index (χ0n) is 10.8. The van der Waals surface area contributed by atoms with Crippen molar-refractivity contribution in [3.63, 3.8) is 0 Å². The minimum absolute atomic E-state index is 0.716. The Labute approximate surface area is 128 Å². The van der Waals surface area contributed by atoms with Crippen LogP contribution in [0.25, 0.3) is 22.5 Å². The number of fused-ring (bicyclic) bond motifs is 1. The summed E-state index contributed by atoms with van der Waals surface area (Å²) in [4.78, 5) is 8.65. The highest BCUT2D eigenvalue weighted by atomic mass is 79.9. The summed E-state index contributed by atoms with van der Waals surface area (Å²) in [5, 5.41) is 9.49. The van der Waals surface area contributed by atoms with Gasteiger partial charge < -0.3 is 0 Å². The Morgan fingerprint density at radius 1 is 1.00 bits per heavy atom. The average Bonchev–Trinajstić information content (AvgIpc) is 3.17. The predicted molar refractivity (Wildman–Crippen MR) is 81.5 cm³/mol. The summed E-state index contributed by atoms with van der Waals surface area (Å²) in [6, 6.07) is 9.75. The average molecular weight is 341 g/mol. The highest BCUT2D eigenvalue weighted by molar-refractivity contribution is 9.10. The van der Waals surface area contributed by atoms with Crippen molar-refractivity contribution in [2.45, 2.75) is 0 Å². The van der Waals surface area contributed by atoms with Gasteiger partial charge in [-0.25, -0.2) is 19.3 Å². The molecule has 0 radical (unpaired) electrons. The third-order valence-corrected chi connectivity index (χ3v) is 3.67. The van der Waals surface area contributed by atoms with E-state index in [0.29, 0.717) is 5.82 Å². The van der Waals surface area contributed by atoms with Gasteiger partial charge in [0, 0.05) is 16.9 Å². The molecule has 0 bridgehead atoms. The fraction of sp³-hybridized carbons (Fsp3) is 0. The van der Waals surface area contributed by atoms with Gasteiger partial charge in [-0.1, -0.05) is 15.9 Å². The molecule has 0 amide bonds. The molecule has 0 atom stereocenters. The SMILES string of the molecule is Brc1ccc(-n2ncc3c(-n4cccn4)ncnc32)cc1. The highest BCUT2D eigenvalue weighted by Gasteiger charge is 2.12. The topological polar surface area (TPSA) is 61.4 Å². The largest absolute Gasteiger partial charge is 0.222 e. The summed E-state index contributed by atoms with van der Waals surface area (Å²) >= 11 is 3.43. The Bertz CT molecular complexity index is 895. The van der Waals surface area contributed by atoms with Gasteiger partial charge in [-0.3, -0.25) is 0 Å². The van der Waals surface area contributed by atoms with Gasteiger partial charge in [0.05, 0.1) is 17.3 Å². The van der Waals surface area contributed by atoms with E-state index in [0.717, 1.165) is 21.2 Å². The second kappa shape index (κ2) is 4.78. The fourth-order valence-corrected chi connectivity index (χ4v) is 2.44. The molecule has 0 N–H and O–H groups in total. The first kappa shape index (κ1) is 12.2. The normalized spacial score (nSPS) is 11.1. The molecule has 0 saturated carbocycles. The maximum absolute atomic E-state index is 4.42. The number of rotatable bonds is 2. The molecular formula is C14H9BrN6. The van der Waals surface area contributed by atoms with E-state index in [9.17, 15) is 0 Å². The lowest BCUT2D eigenvalue weighted by Crippen LogP contribution is -2.01. The van der Waals surface area contributed by atoms with Crippen LogP contribution in [0.15, 0.2) is 59.7 Å². The van der Waals surface area contributed by atoms with Crippen LogP contribution in [0.2, 0.25) is 0 Å². The maximum atomic E-state index is 4.42. The van der Waals surface area contributed by atoms with Gasteiger partial charge in [0.2, 0.25) is 0 Å². The molecule has 3 heterocycles. The summed E-state index contributed by atoms with van der Waals surface area (Å²) < 4.78 is 4.52. The molecule has 0 spiro atoms. The molecule has 0 saturated heterocycles. The Morgan fingerprint density at radius 2 is 1.86 bits per heavy atom. The summed E-state index contributed by atoms with van der Waals surface area (Å²) in [5.41, 5.74) is 1.69. The zero-order valence-corrected chi connectivity index (χ0v) is 12.3. The van der Waals surface area contributed by atoms with Crippen LogP contribution in [-0.2, 0) is 0 Å². The molecule has 1 aromatic carbocycles. The van der Waals surface area contributed by atoms with Crippen LogP contribution < -0.4 is 0 Å². The number of aromatic nitrogens is 6. The van der Waals surface area contributed by atoms with Crippen LogP contribution in [0.1, 0.15) is 0 Å². The van der Waals surface area contributed by atoms with E-state index in [-0.39, 0.29) is 0 Å². The lowest BCUT2D eigenvalue weighted by atomic mass is 10.3. The first-order chi connectivity index (χ1) is 10.3. The lowest BCUT2D eigenvalue weighted by molar-refractivity contribution is 0.848. The number of halogens is 1. The monoisotopic (exact) mass is 340 g/mol. The number of hydrogen-bond donors (Lipinski definition) is 0. The second-order valence-electron chi connectivity index (χ2n) is 4.42. The molecule has 21 heavy (non-hydrogen) atoms. The lowest BCUT2D eigenvalue weighted by Gasteiger charge is -2.04. The van der Waals surface area contributed by atoms with Crippen LogP contribution in [0.4, 0.5) is 0 Å². The summed E-state index contributed by atoms with van der Waals surface area (Å²) in [5.74, 6) is 0.716. The summed E-state index contributed by atoms with van der Waals surface area (Å²) in [6.45, 7) is 0. The molecule has 0 unspecified atom stereocenters. The van der Waals surface area contributed by atoms with Crippen molar-refractivity contribution in [2.24, 2.45) is 0 Å². The van der Waals surface area contributed by atoms with Gasteiger partial charge in [-0.05, 0) is 30.3 Å². The summed E-state index contributed by atoms with van der Waals surface area (Å²) in [7, 11) is 0. The Kier molecular flexibility index (Phi) is 2.78. The minimum Gasteiger partial charge on any atom is -0.222 e. The van der Waals surface area contributed by atoms with E-state index in [1.807, 2.05) is 36.5 Å². The van der Waals surface area contributed by atoms with E-state index in [4.69, 9.17) is 0 Å². The minimum atomic E-state index is 0.716. The molecule has 7 heteroatoms. The Balaban J connectivity index is 1.93. The molecular weight excluding hydrogens is 332 g/mol. The van der Waals surface area contributed by atoms with Gasteiger partial charge in [0.25, 0.3) is 0 Å². The molecule has 4 aromatic rings. The number of nitrogens with zero attached hydrogens (tertiary/aromatic N) is 6. The van der Waals surface area contributed by atoms with Crippen LogP contribution in [0, 0.1) is 0 Å². The van der Waals surface area contributed by atoms with E-state index in [1.165, 1.54) is 6.33 Å². The third kappa shape index (κ3) is 2.02. The van der Waals surface area contributed by atoms with E-state index < -0.39 is 0 Å². The van der Waals surface area contributed by atoms with Crippen LogP contribution in [0.3, 0.4) is 0 Å². The van der Waals surface area contributed by atoms with Crippen molar-refractivity contribution in [3.05, 3.63) is 59.7 Å². The molecule has 0 aliphatic carbocycles. The van der Waals surface area contributed by atoms with Crippen LogP contribution in [-0.4, -0.2) is 29.5 Å². The molecule has 4 rings (SSSR count). The van der Waals surface area contributed by atoms with E-state index in [1.54, 1.807) is 21.8 Å². The first-order valence-electron chi connectivity index (χ1n) is 6.27. The van der Waals surface area contributed by atoms with Crippen molar-refractivity contribution in [1.29, 1.82) is 0 Å². The molecule has 6 nitrogen and oxygen atoms in total. The predicted octanol–water partition coefficient (Wildman–Crippen LogP) is 2.76. The molecule has 102 valence electrons. The second-order valence-corrected chi connectivity index (χ2v) is 5.33. The van der Waals surface area contributed by atoms with Gasteiger partial charge in [0.1, 0.15) is 6.33 Å². The van der Waals surface area contributed by atoms with Crippen molar-refractivity contribution >= 4 is 27.0 Å². The molecule has 0 aliphatic heterocycles. The number of hydrogen-bond acceptors (Lipinski definition) is 4. The fourth-order valence-electron chi connectivity index (χ4n) is 2.18. The summed E-state index contributed by atoms with van der Waals surface area (Å²) in [6.07, 6.45) is 6.84. The first-order valence-corrected chi connectivity index (χ1v) is 7.07. The quantitative estimate of drug-likeness (QED) is 0.563. The molecule has 0 fully saturated rings. The smallest absolute Gasteiger partial charge is 0.168 e. The van der Waals surface area contributed by atoms with Gasteiger partial charge in [-0.15, -0.1) is 0 Å². The number of benzene rings is 1. The van der Waals surface area contributed by atoms with Crippen molar-refractivity contribution in [3.8, 4) is 11.5 Å². The maximum Gasteiger partial charge on any atom is 0.168 e. The van der Waals surface area contributed by atoms with Gasteiger partial charge in [-0.2, -0.15) is 10.2 Å². The van der Waals surface area contributed by atoms with Crippen molar-refractivity contribution in [2.75, 3.05) is 0 Å². The Hall–Kier alpha value is -2.54. The molecule has 0 aliphatic rings.